The number of nitrogens with zero attached hydrogens (tertiary/aromatic N) is 1. The van der Waals surface area contributed by atoms with Crippen molar-refractivity contribution in [2.75, 3.05) is 0 Å². The normalized spacial score (nSPS) is 27.9. The number of alkyl halides is 3. The molecule has 2 aliphatic rings. The second-order valence-corrected chi connectivity index (χ2v) is 4.42. The molecule has 0 spiro atoms. The molecule has 0 unspecified atom stereocenters. The van der Waals surface area contributed by atoms with Crippen LogP contribution in [0.2, 0.25) is 0 Å². The molecule has 1 fully saturated rings. The van der Waals surface area contributed by atoms with Crippen LogP contribution in [0.4, 0.5) is 13.2 Å². The highest BCUT2D eigenvalue weighted by atomic mass is 19.4. The van der Waals surface area contributed by atoms with Crippen molar-refractivity contribution in [3.05, 3.63) is 29.1 Å². The standard InChI is InChI=1S/C11H11F3N2/c12-11(13,14)10-8-5-6-1-2-9(16-6)7(8)3-4-15-10/h3-4,6,9,16H,1-2,5H2/t6-,9+/m0/s1. The second-order valence-electron chi connectivity index (χ2n) is 4.42. The van der Waals surface area contributed by atoms with Gasteiger partial charge in [-0.1, -0.05) is 0 Å². The molecule has 2 aliphatic heterocycles. The smallest absolute Gasteiger partial charge is 0.307 e. The zero-order valence-electron chi connectivity index (χ0n) is 8.51. The van der Waals surface area contributed by atoms with Crippen molar-refractivity contribution >= 4 is 0 Å². The molecule has 2 bridgehead atoms. The van der Waals surface area contributed by atoms with Crippen LogP contribution in [0.1, 0.15) is 35.7 Å². The highest BCUT2D eigenvalue weighted by Crippen LogP contribution is 2.40. The molecule has 0 aliphatic carbocycles. The summed E-state index contributed by atoms with van der Waals surface area (Å²) in [6.45, 7) is 0. The summed E-state index contributed by atoms with van der Waals surface area (Å²) in [6.07, 6.45) is -0.728. The fourth-order valence-electron chi connectivity index (χ4n) is 2.76. The molecule has 1 N–H and O–H groups in total. The van der Waals surface area contributed by atoms with Crippen molar-refractivity contribution in [1.29, 1.82) is 0 Å². The average Bonchev–Trinajstić information content (AvgIpc) is 2.59. The molecular formula is C11H11F3N2. The first kappa shape index (κ1) is 10.1. The van der Waals surface area contributed by atoms with E-state index in [9.17, 15) is 13.2 Å². The number of rotatable bonds is 0. The van der Waals surface area contributed by atoms with Gasteiger partial charge >= 0.3 is 6.18 Å². The number of aromatic nitrogens is 1. The van der Waals surface area contributed by atoms with Crippen LogP contribution in [0.25, 0.3) is 0 Å². The molecular weight excluding hydrogens is 217 g/mol. The Balaban J connectivity index is 2.14. The molecule has 0 saturated carbocycles. The van der Waals surface area contributed by atoms with Crippen LogP contribution in [0.15, 0.2) is 12.3 Å². The summed E-state index contributed by atoms with van der Waals surface area (Å²) < 4.78 is 38.3. The van der Waals surface area contributed by atoms with E-state index < -0.39 is 11.9 Å². The molecule has 5 heteroatoms. The molecule has 3 rings (SSSR count). The molecule has 2 nitrogen and oxygen atoms in total. The monoisotopic (exact) mass is 228 g/mol. The Morgan fingerprint density at radius 3 is 2.88 bits per heavy atom. The SMILES string of the molecule is FC(F)(F)c1nccc2c1C[C@@H]1CC[C@H]2N1. The van der Waals surface area contributed by atoms with E-state index in [0.29, 0.717) is 12.0 Å². The minimum absolute atomic E-state index is 0.0952. The quantitative estimate of drug-likeness (QED) is 0.737. The van der Waals surface area contributed by atoms with Gasteiger partial charge < -0.3 is 5.32 Å². The zero-order valence-corrected chi connectivity index (χ0v) is 8.51. The van der Waals surface area contributed by atoms with Gasteiger partial charge in [0, 0.05) is 18.3 Å². The lowest BCUT2D eigenvalue weighted by molar-refractivity contribution is -0.142. The summed E-state index contributed by atoms with van der Waals surface area (Å²) in [4.78, 5) is 3.51. The highest BCUT2D eigenvalue weighted by Gasteiger charge is 2.41. The first-order valence-electron chi connectivity index (χ1n) is 5.37. The van der Waals surface area contributed by atoms with Gasteiger partial charge in [-0.05, 0) is 36.5 Å². The number of hydrogen-bond donors (Lipinski definition) is 1. The van der Waals surface area contributed by atoms with Gasteiger partial charge in [0.2, 0.25) is 0 Å². The third-order valence-corrected chi connectivity index (χ3v) is 3.43. The van der Waals surface area contributed by atoms with Crippen LogP contribution >= 0.6 is 0 Å². The lowest BCUT2D eigenvalue weighted by Crippen LogP contribution is -2.33. The maximum Gasteiger partial charge on any atom is 0.433 e. The van der Waals surface area contributed by atoms with Gasteiger partial charge in [0.25, 0.3) is 0 Å². The van der Waals surface area contributed by atoms with Crippen LogP contribution in [0.3, 0.4) is 0 Å². The lowest BCUT2D eigenvalue weighted by Gasteiger charge is -2.26. The Morgan fingerprint density at radius 1 is 1.31 bits per heavy atom. The van der Waals surface area contributed by atoms with Gasteiger partial charge in [0.1, 0.15) is 5.69 Å². The van der Waals surface area contributed by atoms with Gasteiger partial charge in [-0.3, -0.25) is 4.98 Å². The molecule has 0 aromatic carbocycles. The van der Waals surface area contributed by atoms with E-state index >= 15 is 0 Å². The Hall–Kier alpha value is -1.10. The summed E-state index contributed by atoms with van der Waals surface area (Å²) in [7, 11) is 0. The second kappa shape index (κ2) is 3.20. The first-order chi connectivity index (χ1) is 7.55. The first-order valence-corrected chi connectivity index (χ1v) is 5.37. The number of halogens is 3. The summed E-state index contributed by atoms with van der Waals surface area (Å²) in [5.74, 6) is 0. The van der Waals surface area contributed by atoms with E-state index in [-0.39, 0.29) is 12.1 Å². The Kier molecular flexibility index (Phi) is 2.01. The predicted molar refractivity (Wildman–Crippen MR) is 51.8 cm³/mol. The fourth-order valence-corrected chi connectivity index (χ4v) is 2.76. The number of pyridine rings is 1. The third-order valence-electron chi connectivity index (χ3n) is 3.43. The topological polar surface area (TPSA) is 24.9 Å². The van der Waals surface area contributed by atoms with Crippen molar-refractivity contribution in [3.8, 4) is 0 Å². The Morgan fingerprint density at radius 2 is 2.12 bits per heavy atom. The molecule has 1 saturated heterocycles. The average molecular weight is 228 g/mol. The predicted octanol–water partition coefficient (Wildman–Crippen LogP) is 2.45. The van der Waals surface area contributed by atoms with Crippen LogP contribution in [-0.4, -0.2) is 11.0 Å². The lowest BCUT2D eigenvalue weighted by atomic mass is 9.94. The number of fused-ring (bicyclic) bond motifs is 4. The van der Waals surface area contributed by atoms with Crippen molar-refractivity contribution in [1.82, 2.24) is 10.3 Å². The molecule has 2 atom stereocenters. The van der Waals surface area contributed by atoms with Gasteiger partial charge in [-0.25, -0.2) is 0 Å². The molecule has 1 aromatic heterocycles. The maximum atomic E-state index is 12.8. The van der Waals surface area contributed by atoms with Gasteiger partial charge in [0.15, 0.2) is 0 Å². The molecule has 0 amide bonds. The highest BCUT2D eigenvalue weighted by molar-refractivity contribution is 5.38. The summed E-state index contributed by atoms with van der Waals surface area (Å²) in [5.41, 5.74) is 0.501. The van der Waals surface area contributed by atoms with Crippen molar-refractivity contribution in [2.45, 2.75) is 37.5 Å². The van der Waals surface area contributed by atoms with Crippen LogP contribution in [0, 0.1) is 0 Å². The number of hydrogen-bond acceptors (Lipinski definition) is 2. The van der Waals surface area contributed by atoms with Crippen molar-refractivity contribution < 1.29 is 13.2 Å². The van der Waals surface area contributed by atoms with Gasteiger partial charge in [-0.2, -0.15) is 13.2 Å². The van der Waals surface area contributed by atoms with Crippen LogP contribution in [0.5, 0.6) is 0 Å². The largest absolute Gasteiger partial charge is 0.433 e. The number of nitrogens with one attached hydrogen (secondary N) is 1. The van der Waals surface area contributed by atoms with E-state index in [2.05, 4.69) is 10.3 Å². The van der Waals surface area contributed by atoms with Gasteiger partial charge in [0.05, 0.1) is 0 Å². The minimum atomic E-state index is -4.33. The molecule has 16 heavy (non-hydrogen) atoms. The molecule has 0 radical (unpaired) electrons. The van der Waals surface area contributed by atoms with E-state index in [4.69, 9.17) is 0 Å². The Bertz CT molecular complexity index is 428. The van der Waals surface area contributed by atoms with E-state index in [0.717, 1.165) is 18.4 Å². The zero-order chi connectivity index (χ0) is 11.3. The summed E-state index contributed by atoms with van der Waals surface area (Å²) in [6, 6.07) is 2.00. The van der Waals surface area contributed by atoms with Crippen molar-refractivity contribution in [2.24, 2.45) is 0 Å². The molecule has 3 heterocycles. The summed E-state index contributed by atoms with van der Waals surface area (Å²) in [5, 5.41) is 3.33. The van der Waals surface area contributed by atoms with Crippen molar-refractivity contribution in [3.63, 3.8) is 0 Å². The van der Waals surface area contributed by atoms with E-state index in [1.807, 2.05) is 0 Å². The summed E-state index contributed by atoms with van der Waals surface area (Å²) >= 11 is 0. The van der Waals surface area contributed by atoms with Crippen LogP contribution in [-0.2, 0) is 12.6 Å². The van der Waals surface area contributed by atoms with Crippen LogP contribution < -0.4 is 5.32 Å². The maximum absolute atomic E-state index is 12.8. The fraction of sp³-hybridized carbons (Fsp3) is 0.545. The Labute approximate surface area is 90.9 Å². The van der Waals surface area contributed by atoms with E-state index in [1.165, 1.54) is 6.20 Å². The molecule has 1 aromatic rings. The third kappa shape index (κ3) is 1.42. The molecule has 86 valence electrons. The minimum Gasteiger partial charge on any atom is -0.307 e. The van der Waals surface area contributed by atoms with E-state index in [1.54, 1.807) is 6.07 Å². The van der Waals surface area contributed by atoms with Gasteiger partial charge in [-0.15, -0.1) is 0 Å².